The summed E-state index contributed by atoms with van der Waals surface area (Å²) in [6.45, 7) is 3.91. The topological polar surface area (TPSA) is 97.5 Å². The Balaban J connectivity index is 2.98. The highest BCUT2D eigenvalue weighted by Crippen LogP contribution is 2.26. The summed E-state index contributed by atoms with van der Waals surface area (Å²) in [6, 6.07) is 2.48. The number of aromatic nitrogens is 1. The molecule has 0 aliphatic carbocycles. The maximum atomic E-state index is 10.9. The van der Waals surface area contributed by atoms with Gasteiger partial charge in [0.15, 0.2) is 0 Å². The van der Waals surface area contributed by atoms with Gasteiger partial charge in [-0.05, 0) is 12.3 Å². The van der Waals surface area contributed by atoms with Crippen molar-refractivity contribution in [2.24, 2.45) is 5.92 Å². The normalized spacial score (nSPS) is 12.3. The van der Waals surface area contributed by atoms with Gasteiger partial charge in [0.1, 0.15) is 0 Å². The van der Waals surface area contributed by atoms with Gasteiger partial charge in [-0.3, -0.25) is 10.1 Å². The largest absolute Gasteiger partial charge is 0.481 e. The Kier molecular flexibility index (Phi) is 5.50. The monoisotopic (exact) mass is 269 g/mol. The summed E-state index contributed by atoms with van der Waals surface area (Å²) in [5.41, 5.74) is -0.136. The molecule has 0 aromatic carbocycles. The maximum absolute atomic E-state index is 10.9. The molecule has 0 spiro atoms. The first-order chi connectivity index (χ1) is 8.97. The summed E-state index contributed by atoms with van der Waals surface area (Å²) < 4.78 is 4.95. The van der Waals surface area contributed by atoms with Crippen LogP contribution in [0.5, 0.6) is 5.88 Å². The highest BCUT2D eigenvalue weighted by Gasteiger charge is 2.20. The molecule has 2 N–H and O–H groups in total. The molecular formula is C12H19N3O4. The van der Waals surface area contributed by atoms with Crippen molar-refractivity contribution < 1.29 is 14.8 Å². The van der Waals surface area contributed by atoms with E-state index in [0.717, 1.165) is 0 Å². The summed E-state index contributed by atoms with van der Waals surface area (Å²) in [6.07, 6.45) is 0.687. The SMILES string of the molecule is COc1ccc([N+](=O)[O-])c(NC(CO)CC(C)C)n1. The third-order valence-electron chi connectivity index (χ3n) is 2.57. The predicted octanol–water partition coefficient (Wildman–Crippen LogP) is 1.82. The average Bonchev–Trinajstić information content (AvgIpc) is 2.36. The fraction of sp³-hybridized carbons (Fsp3) is 0.583. The van der Waals surface area contributed by atoms with Crippen LogP contribution < -0.4 is 10.1 Å². The molecule has 19 heavy (non-hydrogen) atoms. The van der Waals surface area contributed by atoms with Crippen molar-refractivity contribution in [3.05, 3.63) is 22.2 Å². The number of anilines is 1. The van der Waals surface area contributed by atoms with Crippen LogP contribution in [0.25, 0.3) is 0 Å². The van der Waals surface area contributed by atoms with E-state index in [2.05, 4.69) is 10.3 Å². The summed E-state index contributed by atoms with van der Waals surface area (Å²) in [4.78, 5) is 14.4. The van der Waals surface area contributed by atoms with Gasteiger partial charge in [0.25, 0.3) is 0 Å². The van der Waals surface area contributed by atoms with Crippen molar-refractivity contribution >= 4 is 11.5 Å². The molecule has 1 rings (SSSR count). The number of hydrogen-bond acceptors (Lipinski definition) is 6. The number of methoxy groups -OCH3 is 1. The molecular weight excluding hydrogens is 250 g/mol. The van der Waals surface area contributed by atoms with Gasteiger partial charge in [0, 0.05) is 12.1 Å². The van der Waals surface area contributed by atoms with E-state index >= 15 is 0 Å². The Bertz CT molecular complexity index is 437. The zero-order valence-corrected chi connectivity index (χ0v) is 11.3. The molecule has 0 saturated carbocycles. The Morgan fingerprint density at radius 1 is 1.53 bits per heavy atom. The number of aliphatic hydroxyl groups is 1. The van der Waals surface area contributed by atoms with Crippen LogP contribution in [-0.2, 0) is 0 Å². The number of rotatable bonds is 7. The minimum absolute atomic E-state index is 0.115. The number of pyridine rings is 1. The van der Waals surface area contributed by atoms with Gasteiger partial charge < -0.3 is 15.2 Å². The van der Waals surface area contributed by atoms with E-state index < -0.39 is 4.92 Å². The fourth-order valence-electron chi connectivity index (χ4n) is 1.74. The lowest BCUT2D eigenvalue weighted by molar-refractivity contribution is -0.384. The molecule has 1 unspecified atom stereocenters. The summed E-state index contributed by atoms with van der Waals surface area (Å²) in [5, 5.41) is 23.1. The van der Waals surface area contributed by atoms with Crippen molar-refractivity contribution in [2.75, 3.05) is 19.0 Å². The Morgan fingerprint density at radius 2 is 2.21 bits per heavy atom. The van der Waals surface area contributed by atoms with Crippen LogP contribution in [0.2, 0.25) is 0 Å². The minimum Gasteiger partial charge on any atom is -0.481 e. The van der Waals surface area contributed by atoms with Gasteiger partial charge in [-0.25, -0.2) is 0 Å². The molecule has 0 aliphatic heterocycles. The molecule has 0 radical (unpaired) electrons. The molecule has 0 fully saturated rings. The summed E-state index contributed by atoms with van der Waals surface area (Å²) in [7, 11) is 1.44. The molecule has 7 nitrogen and oxygen atoms in total. The lowest BCUT2D eigenvalue weighted by Crippen LogP contribution is -2.26. The third-order valence-corrected chi connectivity index (χ3v) is 2.57. The van der Waals surface area contributed by atoms with E-state index in [1.54, 1.807) is 0 Å². The molecule has 106 valence electrons. The van der Waals surface area contributed by atoms with Crippen LogP contribution >= 0.6 is 0 Å². The van der Waals surface area contributed by atoms with Crippen LogP contribution in [-0.4, -0.2) is 34.8 Å². The number of nitrogens with one attached hydrogen (secondary N) is 1. The van der Waals surface area contributed by atoms with Gasteiger partial charge in [-0.2, -0.15) is 4.98 Å². The van der Waals surface area contributed by atoms with Crippen molar-refractivity contribution in [3.63, 3.8) is 0 Å². The Labute approximate surface area is 111 Å². The Hall–Kier alpha value is -1.89. The summed E-state index contributed by atoms with van der Waals surface area (Å²) in [5.74, 6) is 0.757. The molecule has 1 aromatic rings. The molecule has 1 aromatic heterocycles. The lowest BCUT2D eigenvalue weighted by Gasteiger charge is -2.18. The van der Waals surface area contributed by atoms with Crippen LogP contribution in [0.3, 0.4) is 0 Å². The van der Waals surface area contributed by atoms with Crippen LogP contribution in [0.15, 0.2) is 12.1 Å². The number of nitro groups is 1. The molecule has 1 atom stereocenters. The first kappa shape index (κ1) is 15.2. The zero-order chi connectivity index (χ0) is 14.4. The zero-order valence-electron chi connectivity index (χ0n) is 11.3. The highest BCUT2D eigenvalue weighted by atomic mass is 16.6. The number of aliphatic hydroxyl groups excluding tert-OH is 1. The number of ether oxygens (including phenoxy) is 1. The average molecular weight is 269 g/mol. The molecule has 0 bridgehead atoms. The first-order valence-electron chi connectivity index (χ1n) is 6.04. The molecule has 0 aliphatic rings. The smallest absolute Gasteiger partial charge is 0.311 e. The van der Waals surface area contributed by atoms with Crippen molar-refractivity contribution in [2.45, 2.75) is 26.3 Å². The first-order valence-corrected chi connectivity index (χ1v) is 6.04. The molecule has 0 amide bonds. The quantitative estimate of drug-likeness (QED) is 0.578. The molecule has 7 heteroatoms. The molecule has 1 heterocycles. The standard InChI is InChI=1S/C12H19N3O4/c1-8(2)6-9(7-16)13-12-10(15(17)18)4-5-11(14-12)19-3/h4-5,8-9,16H,6-7H2,1-3H3,(H,13,14). The van der Waals surface area contributed by atoms with Crippen LogP contribution in [0, 0.1) is 16.0 Å². The predicted molar refractivity (Wildman–Crippen MR) is 71.4 cm³/mol. The maximum Gasteiger partial charge on any atom is 0.311 e. The fourth-order valence-corrected chi connectivity index (χ4v) is 1.74. The second-order valence-electron chi connectivity index (χ2n) is 4.63. The van der Waals surface area contributed by atoms with E-state index in [9.17, 15) is 15.2 Å². The highest BCUT2D eigenvalue weighted by molar-refractivity contribution is 5.57. The van der Waals surface area contributed by atoms with E-state index in [4.69, 9.17) is 4.74 Å². The van der Waals surface area contributed by atoms with Gasteiger partial charge in [0.2, 0.25) is 11.7 Å². The summed E-state index contributed by atoms with van der Waals surface area (Å²) >= 11 is 0. The number of hydrogen-bond donors (Lipinski definition) is 2. The van der Waals surface area contributed by atoms with E-state index in [0.29, 0.717) is 12.3 Å². The van der Waals surface area contributed by atoms with Gasteiger partial charge in [0.05, 0.1) is 24.7 Å². The van der Waals surface area contributed by atoms with Crippen molar-refractivity contribution in [3.8, 4) is 5.88 Å². The minimum atomic E-state index is -0.515. The van der Waals surface area contributed by atoms with E-state index in [-0.39, 0.29) is 30.0 Å². The van der Waals surface area contributed by atoms with E-state index in [1.165, 1.54) is 19.2 Å². The van der Waals surface area contributed by atoms with Crippen molar-refractivity contribution in [1.82, 2.24) is 4.98 Å². The Morgan fingerprint density at radius 3 is 2.68 bits per heavy atom. The lowest BCUT2D eigenvalue weighted by atomic mass is 10.0. The van der Waals surface area contributed by atoms with E-state index in [1.807, 2.05) is 13.8 Å². The van der Waals surface area contributed by atoms with Gasteiger partial charge in [-0.1, -0.05) is 13.8 Å². The number of nitrogens with zero attached hydrogens (tertiary/aromatic N) is 2. The van der Waals surface area contributed by atoms with Gasteiger partial charge >= 0.3 is 5.69 Å². The second-order valence-corrected chi connectivity index (χ2v) is 4.63. The van der Waals surface area contributed by atoms with Crippen molar-refractivity contribution in [1.29, 1.82) is 0 Å². The second kappa shape index (κ2) is 6.89. The molecule has 0 saturated heterocycles. The third kappa shape index (κ3) is 4.36. The van der Waals surface area contributed by atoms with Gasteiger partial charge in [-0.15, -0.1) is 0 Å². The van der Waals surface area contributed by atoms with Crippen LogP contribution in [0.1, 0.15) is 20.3 Å². The van der Waals surface area contributed by atoms with Crippen LogP contribution in [0.4, 0.5) is 11.5 Å².